The van der Waals surface area contributed by atoms with Crippen LogP contribution in [-0.2, 0) is 9.53 Å². The molecule has 3 heterocycles. The van der Waals surface area contributed by atoms with Crippen molar-refractivity contribution < 1.29 is 13.9 Å². The second-order valence-corrected chi connectivity index (χ2v) is 5.06. The van der Waals surface area contributed by atoms with Crippen LogP contribution in [0, 0.1) is 11.7 Å². The quantitative estimate of drug-likeness (QED) is 0.780. The van der Waals surface area contributed by atoms with E-state index < -0.39 is 5.82 Å². The van der Waals surface area contributed by atoms with Crippen molar-refractivity contribution in [3.63, 3.8) is 0 Å². The first-order valence-electron chi connectivity index (χ1n) is 6.82. The SMILES string of the molecule is O=C(C1CCN(c2ncncc2F)C1)N1CCOCC1. The highest BCUT2D eigenvalue weighted by Gasteiger charge is 2.33. The van der Waals surface area contributed by atoms with Gasteiger partial charge in [0.2, 0.25) is 5.91 Å². The van der Waals surface area contributed by atoms with Gasteiger partial charge in [0.1, 0.15) is 6.33 Å². The molecule has 1 atom stereocenters. The molecule has 3 rings (SSSR count). The smallest absolute Gasteiger partial charge is 0.227 e. The van der Waals surface area contributed by atoms with Crippen LogP contribution in [-0.4, -0.2) is 60.2 Å². The normalized spacial score (nSPS) is 23.1. The van der Waals surface area contributed by atoms with Gasteiger partial charge >= 0.3 is 0 Å². The highest BCUT2D eigenvalue weighted by molar-refractivity contribution is 5.80. The first kappa shape index (κ1) is 13.2. The molecule has 0 saturated carbocycles. The molecule has 2 aliphatic rings. The van der Waals surface area contributed by atoms with Gasteiger partial charge in [-0.15, -0.1) is 0 Å². The summed E-state index contributed by atoms with van der Waals surface area (Å²) in [5, 5.41) is 0. The number of carbonyl (C=O) groups is 1. The molecule has 0 radical (unpaired) electrons. The Morgan fingerprint density at radius 1 is 1.35 bits per heavy atom. The van der Waals surface area contributed by atoms with E-state index in [9.17, 15) is 9.18 Å². The molecule has 1 aromatic heterocycles. The fraction of sp³-hybridized carbons (Fsp3) is 0.615. The Bertz CT molecular complexity index is 493. The number of carbonyl (C=O) groups excluding carboxylic acids is 1. The minimum Gasteiger partial charge on any atom is -0.378 e. The molecule has 108 valence electrons. The number of halogens is 1. The van der Waals surface area contributed by atoms with Gasteiger partial charge in [-0.3, -0.25) is 4.79 Å². The number of morpholine rings is 1. The molecule has 0 bridgehead atoms. The molecule has 7 heteroatoms. The zero-order valence-electron chi connectivity index (χ0n) is 11.2. The summed E-state index contributed by atoms with van der Waals surface area (Å²) in [5.41, 5.74) is 0. The van der Waals surface area contributed by atoms with E-state index in [2.05, 4.69) is 9.97 Å². The minimum atomic E-state index is -0.438. The first-order chi connectivity index (χ1) is 9.75. The third kappa shape index (κ3) is 2.58. The lowest BCUT2D eigenvalue weighted by Crippen LogP contribution is -2.44. The van der Waals surface area contributed by atoms with Crippen molar-refractivity contribution in [2.45, 2.75) is 6.42 Å². The summed E-state index contributed by atoms with van der Waals surface area (Å²) in [6.07, 6.45) is 3.22. The maximum Gasteiger partial charge on any atom is 0.227 e. The number of ether oxygens (including phenoxy) is 1. The summed E-state index contributed by atoms with van der Waals surface area (Å²) in [4.78, 5) is 23.6. The molecule has 2 saturated heterocycles. The predicted octanol–water partition coefficient (Wildman–Crippen LogP) is 0.301. The van der Waals surface area contributed by atoms with Crippen LogP contribution in [0.2, 0.25) is 0 Å². The van der Waals surface area contributed by atoms with E-state index in [4.69, 9.17) is 4.74 Å². The van der Waals surface area contributed by atoms with Crippen LogP contribution < -0.4 is 4.90 Å². The van der Waals surface area contributed by atoms with Crippen molar-refractivity contribution in [3.8, 4) is 0 Å². The van der Waals surface area contributed by atoms with Gasteiger partial charge in [-0.25, -0.2) is 14.4 Å². The molecule has 0 spiro atoms. The van der Waals surface area contributed by atoms with Gasteiger partial charge in [0.05, 0.1) is 25.3 Å². The molecule has 20 heavy (non-hydrogen) atoms. The molecule has 2 aliphatic heterocycles. The molecular formula is C13H17FN4O2. The largest absolute Gasteiger partial charge is 0.378 e. The molecule has 0 aromatic carbocycles. The molecular weight excluding hydrogens is 263 g/mol. The Morgan fingerprint density at radius 2 is 2.15 bits per heavy atom. The Labute approximate surface area is 116 Å². The van der Waals surface area contributed by atoms with Crippen molar-refractivity contribution in [2.75, 3.05) is 44.3 Å². The number of anilines is 1. The van der Waals surface area contributed by atoms with E-state index in [0.717, 1.165) is 12.6 Å². The third-order valence-corrected chi connectivity index (χ3v) is 3.81. The predicted molar refractivity (Wildman–Crippen MR) is 69.7 cm³/mol. The zero-order chi connectivity index (χ0) is 13.9. The van der Waals surface area contributed by atoms with Gasteiger partial charge in [0.25, 0.3) is 0 Å². The number of nitrogens with zero attached hydrogens (tertiary/aromatic N) is 4. The van der Waals surface area contributed by atoms with Gasteiger partial charge in [-0.05, 0) is 6.42 Å². The Morgan fingerprint density at radius 3 is 2.90 bits per heavy atom. The van der Waals surface area contributed by atoms with Crippen LogP contribution in [0.25, 0.3) is 0 Å². The number of hydrogen-bond acceptors (Lipinski definition) is 5. The van der Waals surface area contributed by atoms with E-state index in [1.54, 1.807) is 0 Å². The summed E-state index contributed by atoms with van der Waals surface area (Å²) in [6, 6.07) is 0. The van der Waals surface area contributed by atoms with E-state index in [1.807, 2.05) is 9.80 Å². The van der Waals surface area contributed by atoms with Crippen molar-refractivity contribution in [3.05, 3.63) is 18.3 Å². The van der Waals surface area contributed by atoms with Crippen molar-refractivity contribution >= 4 is 11.7 Å². The second kappa shape index (κ2) is 5.70. The fourth-order valence-electron chi connectivity index (χ4n) is 2.74. The summed E-state index contributed by atoms with van der Waals surface area (Å²) >= 11 is 0. The summed E-state index contributed by atoms with van der Waals surface area (Å²) in [6.45, 7) is 3.67. The van der Waals surface area contributed by atoms with Gasteiger partial charge in [-0.2, -0.15) is 0 Å². The molecule has 1 amide bonds. The van der Waals surface area contributed by atoms with Crippen molar-refractivity contribution in [1.29, 1.82) is 0 Å². The number of hydrogen-bond donors (Lipinski definition) is 0. The number of rotatable bonds is 2. The average Bonchev–Trinajstić information content (AvgIpc) is 2.97. The minimum absolute atomic E-state index is 0.0811. The van der Waals surface area contributed by atoms with Crippen molar-refractivity contribution in [2.24, 2.45) is 5.92 Å². The molecule has 0 N–H and O–H groups in total. The van der Waals surface area contributed by atoms with E-state index >= 15 is 0 Å². The molecule has 6 nitrogen and oxygen atoms in total. The summed E-state index contributed by atoms with van der Waals surface area (Å²) in [7, 11) is 0. The fourth-order valence-corrected chi connectivity index (χ4v) is 2.74. The summed E-state index contributed by atoms with van der Waals surface area (Å²) in [5.74, 6) is -0.0861. The second-order valence-electron chi connectivity index (χ2n) is 5.06. The molecule has 1 unspecified atom stereocenters. The molecule has 1 aromatic rings. The van der Waals surface area contributed by atoms with Crippen LogP contribution >= 0.6 is 0 Å². The van der Waals surface area contributed by atoms with Crippen LogP contribution in [0.5, 0.6) is 0 Å². The number of amides is 1. The standard InChI is InChI=1S/C13H17FN4O2/c14-11-7-15-9-16-12(11)18-2-1-10(8-18)13(19)17-3-5-20-6-4-17/h7,9-10H,1-6,8H2. The topological polar surface area (TPSA) is 58.6 Å². The van der Waals surface area contributed by atoms with E-state index in [1.165, 1.54) is 6.33 Å². The van der Waals surface area contributed by atoms with Crippen LogP contribution in [0.15, 0.2) is 12.5 Å². The summed E-state index contributed by atoms with van der Waals surface area (Å²) < 4.78 is 18.9. The van der Waals surface area contributed by atoms with Crippen LogP contribution in [0.1, 0.15) is 6.42 Å². The monoisotopic (exact) mass is 280 g/mol. The first-order valence-corrected chi connectivity index (χ1v) is 6.82. The van der Waals surface area contributed by atoms with Crippen molar-refractivity contribution in [1.82, 2.24) is 14.9 Å². The van der Waals surface area contributed by atoms with Gasteiger partial charge in [0.15, 0.2) is 11.6 Å². The average molecular weight is 280 g/mol. The Kier molecular flexibility index (Phi) is 3.77. The maximum atomic E-state index is 13.6. The van der Waals surface area contributed by atoms with Gasteiger partial charge in [-0.1, -0.05) is 0 Å². The highest BCUT2D eigenvalue weighted by atomic mass is 19.1. The Hall–Kier alpha value is -1.76. The number of aromatic nitrogens is 2. The van der Waals surface area contributed by atoms with E-state index in [-0.39, 0.29) is 17.6 Å². The molecule has 0 aliphatic carbocycles. The lowest BCUT2D eigenvalue weighted by Gasteiger charge is -2.29. The Balaban J connectivity index is 1.64. The van der Waals surface area contributed by atoms with Crippen LogP contribution in [0.4, 0.5) is 10.2 Å². The van der Waals surface area contributed by atoms with Gasteiger partial charge < -0.3 is 14.5 Å². The zero-order valence-corrected chi connectivity index (χ0v) is 11.2. The van der Waals surface area contributed by atoms with Crippen LogP contribution in [0.3, 0.4) is 0 Å². The lowest BCUT2D eigenvalue weighted by molar-refractivity contribution is -0.138. The molecule has 2 fully saturated rings. The van der Waals surface area contributed by atoms with E-state index in [0.29, 0.717) is 39.4 Å². The maximum absolute atomic E-state index is 13.6. The lowest BCUT2D eigenvalue weighted by atomic mass is 10.1. The van der Waals surface area contributed by atoms with Gasteiger partial charge in [0, 0.05) is 26.2 Å². The highest BCUT2D eigenvalue weighted by Crippen LogP contribution is 2.25. The third-order valence-electron chi connectivity index (χ3n) is 3.81.